The second-order valence-electron chi connectivity index (χ2n) is 6.87. The Morgan fingerprint density at radius 3 is 2.55 bits per heavy atom. The van der Waals surface area contributed by atoms with Gasteiger partial charge in [0.2, 0.25) is 15.9 Å². The molecule has 3 rings (SSSR count). The van der Waals surface area contributed by atoms with Crippen LogP contribution in [0.4, 0.5) is 5.69 Å². The van der Waals surface area contributed by atoms with E-state index in [4.69, 9.17) is 4.74 Å². The second kappa shape index (κ2) is 8.22. The zero-order chi connectivity index (χ0) is 21.2. The van der Waals surface area contributed by atoms with Gasteiger partial charge < -0.3 is 14.7 Å². The molecule has 2 aromatic carbocycles. The predicted molar refractivity (Wildman–Crippen MR) is 106 cm³/mol. The van der Waals surface area contributed by atoms with E-state index in [1.807, 2.05) is 6.92 Å². The number of nitrogens with one attached hydrogen (secondary N) is 1. The Kier molecular flexibility index (Phi) is 5.90. The molecule has 2 N–H and O–H groups in total. The molecule has 29 heavy (non-hydrogen) atoms. The molecule has 0 fully saturated rings. The number of carbonyl (C=O) groups is 2. The molecule has 2 aromatic rings. The normalized spacial score (nSPS) is 17.2. The molecule has 0 saturated heterocycles. The van der Waals surface area contributed by atoms with E-state index in [-0.39, 0.29) is 16.9 Å². The first-order valence-corrected chi connectivity index (χ1v) is 10.5. The van der Waals surface area contributed by atoms with Crippen LogP contribution in [0.5, 0.6) is 5.75 Å². The molecule has 1 aliphatic heterocycles. The summed E-state index contributed by atoms with van der Waals surface area (Å²) in [6.45, 7) is 3.53. The monoisotopic (exact) mass is 418 g/mol. The predicted octanol–water partition coefficient (Wildman–Crippen LogP) is 2.31. The van der Waals surface area contributed by atoms with Crippen molar-refractivity contribution in [2.45, 2.75) is 37.3 Å². The molecule has 0 unspecified atom stereocenters. The lowest BCUT2D eigenvalue weighted by molar-refractivity contribution is -0.137. The molecule has 1 heterocycles. The summed E-state index contributed by atoms with van der Waals surface area (Å²) in [6.07, 6.45) is -0.626. The fraction of sp³-hybridized carbons (Fsp3) is 0.300. The number of hydrogen-bond donors (Lipinski definition) is 2. The third kappa shape index (κ3) is 4.75. The zero-order valence-corrected chi connectivity index (χ0v) is 16.8. The molecule has 2 atom stereocenters. The first kappa shape index (κ1) is 20.8. The fourth-order valence-corrected chi connectivity index (χ4v) is 4.47. The van der Waals surface area contributed by atoms with Crippen molar-refractivity contribution >= 4 is 27.6 Å². The van der Waals surface area contributed by atoms with Crippen LogP contribution in [0.2, 0.25) is 0 Å². The molecule has 0 spiro atoms. The van der Waals surface area contributed by atoms with Crippen molar-refractivity contribution < 1.29 is 27.9 Å². The number of aliphatic carboxylic acids is 1. The van der Waals surface area contributed by atoms with E-state index in [1.54, 1.807) is 30.3 Å². The number of carboxylic acids is 1. The number of fused-ring (bicyclic) bond motifs is 1. The Morgan fingerprint density at radius 2 is 1.93 bits per heavy atom. The van der Waals surface area contributed by atoms with Gasteiger partial charge >= 0.3 is 5.97 Å². The Hall–Kier alpha value is -2.91. The molecule has 1 amide bonds. The van der Waals surface area contributed by atoms with Crippen LogP contribution in [0, 0.1) is 0 Å². The van der Waals surface area contributed by atoms with Crippen molar-refractivity contribution in [1.82, 2.24) is 4.72 Å². The lowest BCUT2D eigenvalue weighted by Crippen LogP contribution is -2.41. The summed E-state index contributed by atoms with van der Waals surface area (Å²) in [4.78, 5) is 24.6. The Bertz CT molecular complexity index is 1020. The van der Waals surface area contributed by atoms with Gasteiger partial charge in [-0.2, -0.15) is 0 Å². The van der Waals surface area contributed by atoms with Crippen LogP contribution >= 0.6 is 0 Å². The molecular formula is C20H22N2O6S. The van der Waals surface area contributed by atoms with Crippen molar-refractivity contribution in [2.24, 2.45) is 0 Å². The highest BCUT2D eigenvalue weighted by molar-refractivity contribution is 7.89. The Morgan fingerprint density at radius 1 is 1.24 bits per heavy atom. The lowest BCUT2D eigenvalue weighted by Gasteiger charge is -2.33. The molecular weight excluding hydrogens is 396 g/mol. The van der Waals surface area contributed by atoms with E-state index < -0.39 is 28.5 Å². The van der Waals surface area contributed by atoms with E-state index >= 15 is 0 Å². The molecule has 0 bridgehead atoms. The number of amides is 1. The smallest absolute Gasteiger partial charge is 0.305 e. The summed E-state index contributed by atoms with van der Waals surface area (Å²) in [7, 11) is -4.06. The minimum Gasteiger partial charge on any atom is -0.487 e. The molecule has 154 valence electrons. The second-order valence-corrected chi connectivity index (χ2v) is 8.58. The Labute approximate surface area is 169 Å². The van der Waals surface area contributed by atoms with Gasteiger partial charge in [-0.3, -0.25) is 9.59 Å². The number of benzene rings is 2. The zero-order valence-electron chi connectivity index (χ0n) is 16.0. The van der Waals surface area contributed by atoms with Crippen LogP contribution in [-0.2, 0) is 19.6 Å². The van der Waals surface area contributed by atoms with Gasteiger partial charge in [0.05, 0.1) is 29.6 Å². The molecule has 1 aliphatic rings. The largest absolute Gasteiger partial charge is 0.487 e. The number of nitrogens with zero attached hydrogens (tertiary/aromatic N) is 1. The summed E-state index contributed by atoms with van der Waals surface area (Å²) in [5, 5.41) is 9.20. The van der Waals surface area contributed by atoms with Crippen LogP contribution < -0.4 is 14.4 Å². The average Bonchev–Trinajstić information content (AvgIpc) is 2.66. The number of ether oxygens (including phenoxy) is 1. The van der Waals surface area contributed by atoms with Crippen molar-refractivity contribution in [3.8, 4) is 5.75 Å². The highest BCUT2D eigenvalue weighted by Crippen LogP contribution is 2.36. The van der Waals surface area contributed by atoms with Crippen molar-refractivity contribution in [3.63, 3.8) is 0 Å². The first-order chi connectivity index (χ1) is 13.7. The average molecular weight is 418 g/mol. The molecule has 0 saturated carbocycles. The van der Waals surface area contributed by atoms with E-state index in [0.29, 0.717) is 23.5 Å². The minimum absolute atomic E-state index is 0.0769. The van der Waals surface area contributed by atoms with Crippen molar-refractivity contribution in [3.05, 3.63) is 54.1 Å². The summed E-state index contributed by atoms with van der Waals surface area (Å²) >= 11 is 0. The van der Waals surface area contributed by atoms with E-state index in [1.165, 1.54) is 30.0 Å². The van der Waals surface area contributed by atoms with Crippen LogP contribution in [-0.4, -0.2) is 38.0 Å². The van der Waals surface area contributed by atoms with E-state index in [0.717, 1.165) is 0 Å². The van der Waals surface area contributed by atoms with Gasteiger partial charge in [-0.15, -0.1) is 0 Å². The van der Waals surface area contributed by atoms with Gasteiger partial charge in [-0.05, 0) is 30.7 Å². The number of carbonyl (C=O) groups excluding carboxylic acids is 1. The number of sulfonamides is 1. The molecule has 0 radical (unpaired) electrons. The van der Waals surface area contributed by atoms with Crippen LogP contribution in [0.15, 0.2) is 53.4 Å². The van der Waals surface area contributed by atoms with Crippen molar-refractivity contribution in [1.29, 1.82) is 0 Å². The van der Waals surface area contributed by atoms with Gasteiger partial charge in [0.25, 0.3) is 0 Å². The first-order valence-electron chi connectivity index (χ1n) is 9.05. The summed E-state index contributed by atoms with van der Waals surface area (Å²) < 4.78 is 34.1. The van der Waals surface area contributed by atoms with Crippen molar-refractivity contribution in [2.75, 3.05) is 11.4 Å². The van der Waals surface area contributed by atoms with E-state index in [9.17, 15) is 23.1 Å². The highest BCUT2D eigenvalue weighted by Gasteiger charge is 2.29. The maximum absolute atomic E-state index is 13.0. The number of hydrogen-bond acceptors (Lipinski definition) is 5. The lowest BCUT2D eigenvalue weighted by atomic mass is 10.1. The van der Waals surface area contributed by atoms with Gasteiger partial charge in [0, 0.05) is 6.92 Å². The molecule has 8 nitrogen and oxygen atoms in total. The van der Waals surface area contributed by atoms with Crippen LogP contribution in [0.25, 0.3) is 0 Å². The SMILES string of the molecule is CC(=O)N1C[C@@H](C)Oc2ccc(S(=O)(=O)N[C@H](CC(=O)O)c3ccccc3)cc21. The number of carboxylic acid groups (broad SMARTS) is 1. The highest BCUT2D eigenvalue weighted by atomic mass is 32.2. The summed E-state index contributed by atoms with van der Waals surface area (Å²) in [5.74, 6) is -0.933. The molecule has 0 aliphatic carbocycles. The fourth-order valence-electron chi connectivity index (χ4n) is 3.23. The maximum Gasteiger partial charge on any atom is 0.305 e. The van der Waals surface area contributed by atoms with Crippen LogP contribution in [0.3, 0.4) is 0 Å². The number of anilines is 1. The topological polar surface area (TPSA) is 113 Å². The number of rotatable bonds is 6. The third-order valence-corrected chi connectivity index (χ3v) is 6.03. The minimum atomic E-state index is -4.06. The Balaban J connectivity index is 1.95. The quantitative estimate of drug-likeness (QED) is 0.744. The third-order valence-electron chi connectivity index (χ3n) is 4.56. The standard InChI is InChI=1S/C20H22N2O6S/c1-13-12-22(14(2)23)18-10-16(8-9-19(18)28-13)29(26,27)21-17(11-20(24)25)15-6-4-3-5-7-15/h3-10,13,17,21H,11-12H2,1-2H3,(H,24,25)/t13-,17-/m1/s1. The molecule has 0 aromatic heterocycles. The van der Waals surface area contributed by atoms with Gasteiger partial charge in [0.15, 0.2) is 0 Å². The van der Waals surface area contributed by atoms with Gasteiger partial charge in [-0.1, -0.05) is 30.3 Å². The molecule has 9 heteroatoms. The van der Waals surface area contributed by atoms with E-state index in [2.05, 4.69) is 4.72 Å². The maximum atomic E-state index is 13.0. The van der Waals surface area contributed by atoms with Gasteiger partial charge in [-0.25, -0.2) is 13.1 Å². The van der Waals surface area contributed by atoms with Gasteiger partial charge in [0.1, 0.15) is 11.9 Å². The van der Waals surface area contributed by atoms with Crippen LogP contribution in [0.1, 0.15) is 31.9 Å². The summed E-state index contributed by atoms with van der Waals surface area (Å²) in [5.41, 5.74) is 0.909. The summed E-state index contributed by atoms with van der Waals surface area (Å²) in [6, 6.07) is 11.8.